The molecule has 3 aromatic rings. The largest absolute Gasteiger partial charge is 0.350 e. The van der Waals surface area contributed by atoms with Crippen LogP contribution < -0.4 is 5.32 Å². The lowest BCUT2D eigenvalue weighted by Gasteiger charge is -2.03. The number of amides is 1. The Morgan fingerprint density at radius 2 is 2.05 bits per heavy atom. The smallest absolute Gasteiger partial charge is 0.267 e. The van der Waals surface area contributed by atoms with Crippen LogP contribution in [0.1, 0.15) is 21.6 Å². The molecular formula is C16H15N3O. The fraction of sp³-hybridized carbons (Fsp3) is 0.125. The molecular weight excluding hydrogens is 250 g/mol. The van der Waals surface area contributed by atoms with Crippen molar-refractivity contribution in [3.05, 3.63) is 65.6 Å². The van der Waals surface area contributed by atoms with Gasteiger partial charge in [-0.1, -0.05) is 18.2 Å². The van der Waals surface area contributed by atoms with Crippen LogP contribution in [-0.4, -0.2) is 15.9 Å². The summed E-state index contributed by atoms with van der Waals surface area (Å²) in [4.78, 5) is 19.3. The summed E-state index contributed by atoms with van der Waals surface area (Å²) < 4.78 is 0. The lowest BCUT2D eigenvalue weighted by Crippen LogP contribution is -2.23. The van der Waals surface area contributed by atoms with E-state index >= 15 is 0 Å². The van der Waals surface area contributed by atoms with Crippen LogP contribution in [0.3, 0.4) is 0 Å². The van der Waals surface area contributed by atoms with Crippen LogP contribution >= 0.6 is 0 Å². The van der Waals surface area contributed by atoms with Crippen molar-refractivity contribution in [3.63, 3.8) is 0 Å². The van der Waals surface area contributed by atoms with E-state index in [1.54, 1.807) is 12.4 Å². The van der Waals surface area contributed by atoms with Gasteiger partial charge in [0.2, 0.25) is 0 Å². The Labute approximate surface area is 116 Å². The summed E-state index contributed by atoms with van der Waals surface area (Å²) in [6.45, 7) is 2.52. The van der Waals surface area contributed by atoms with Crippen LogP contribution in [0.15, 0.2) is 48.8 Å². The first-order valence-electron chi connectivity index (χ1n) is 6.49. The zero-order valence-electron chi connectivity index (χ0n) is 11.2. The van der Waals surface area contributed by atoms with Gasteiger partial charge in [0.15, 0.2) is 0 Å². The first-order valence-corrected chi connectivity index (χ1v) is 6.49. The Morgan fingerprint density at radius 3 is 2.80 bits per heavy atom. The highest BCUT2D eigenvalue weighted by atomic mass is 16.1. The quantitative estimate of drug-likeness (QED) is 0.765. The molecule has 100 valence electrons. The molecule has 0 spiro atoms. The fourth-order valence-corrected chi connectivity index (χ4v) is 2.21. The molecule has 3 rings (SSSR count). The molecule has 2 N–H and O–H groups in total. The molecule has 0 bridgehead atoms. The van der Waals surface area contributed by atoms with E-state index in [-0.39, 0.29) is 5.91 Å². The standard InChI is InChI=1S/C16H15N3O/c1-11-3-2-4-13-9-14(19-15(11)13)16(20)18-10-12-5-7-17-8-6-12/h2-9,19H,10H2,1H3,(H,18,20). The van der Waals surface area contributed by atoms with E-state index in [4.69, 9.17) is 0 Å². The number of H-pyrrole nitrogens is 1. The third kappa shape index (κ3) is 2.40. The third-order valence-corrected chi connectivity index (χ3v) is 3.31. The monoisotopic (exact) mass is 265 g/mol. The van der Waals surface area contributed by atoms with Gasteiger partial charge in [0, 0.05) is 29.8 Å². The summed E-state index contributed by atoms with van der Waals surface area (Å²) in [5, 5.41) is 3.95. The Balaban J connectivity index is 1.77. The van der Waals surface area contributed by atoms with Crippen LogP contribution in [0, 0.1) is 6.92 Å². The SMILES string of the molecule is Cc1cccc2cc(C(=O)NCc3ccncc3)[nH]c12. The number of para-hydroxylation sites is 1. The Kier molecular flexibility index (Phi) is 3.21. The van der Waals surface area contributed by atoms with Gasteiger partial charge in [-0.3, -0.25) is 9.78 Å². The number of nitrogens with one attached hydrogen (secondary N) is 2. The molecule has 2 heterocycles. The van der Waals surface area contributed by atoms with Crippen LogP contribution in [0.25, 0.3) is 10.9 Å². The van der Waals surface area contributed by atoms with Crippen molar-refractivity contribution in [1.82, 2.24) is 15.3 Å². The molecule has 0 saturated heterocycles. The van der Waals surface area contributed by atoms with Crippen molar-refractivity contribution >= 4 is 16.8 Å². The number of hydrogen-bond donors (Lipinski definition) is 2. The second kappa shape index (κ2) is 5.17. The van der Waals surface area contributed by atoms with Gasteiger partial charge in [0.1, 0.15) is 5.69 Å². The number of hydrogen-bond acceptors (Lipinski definition) is 2. The highest BCUT2D eigenvalue weighted by Gasteiger charge is 2.09. The zero-order chi connectivity index (χ0) is 13.9. The number of fused-ring (bicyclic) bond motifs is 1. The highest BCUT2D eigenvalue weighted by Crippen LogP contribution is 2.18. The van der Waals surface area contributed by atoms with E-state index < -0.39 is 0 Å². The number of rotatable bonds is 3. The number of pyridine rings is 1. The van der Waals surface area contributed by atoms with Gasteiger partial charge in [-0.2, -0.15) is 0 Å². The van der Waals surface area contributed by atoms with E-state index in [2.05, 4.69) is 15.3 Å². The average molecular weight is 265 g/mol. The lowest BCUT2D eigenvalue weighted by atomic mass is 10.2. The van der Waals surface area contributed by atoms with Crippen molar-refractivity contribution in [2.75, 3.05) is 0 Å². The van der Waals surface area contributed by atoms with Crippen LogP contribution in [-0.2, 0) is 6.54 Å². The summed E-state index contributed by atoms with van der Waals surface area (Å²) in [6, 6.07) is 11.7. The molecule has 0 unspecified atom stereocenters. The summed E-state index contributed by atoms with van der Waals surface area (Å²) in [6.07, 6.45) is 3.43. The van der Waals surface area contributed by atoms with Gasteiger partial charge in [-0.15, -0.1) is 0 Å². The second-order valence-corrected chi connectivity index (χ2v) is 4.76. The first-order chi connectivity index (χ1) is 9.74. The van der Waals surface area contributed by atoms with Gasteiger partial charge >= 0.3 is 0 Å². The Morgan fingerprint density at radius 1 is 1.25 bits per heavy atom. The number of aromatic nitrogens is 2. The summed E-state index contributed by atoms with van der Waals surface area (Å²) >= 11 is 0. The minimum atomic E-state index is -0.0996. The van der Waals surface area contributed by atoms with Crippen LogP contribution in [0.5, 0.6) is 0 Å². The van der Waals surface area contributed by atoms with E-state index in [9.17, 15) is 4.79 Å². The van der Waals surface area contributed by atoms with Crippen molar-refractivity contribution < 1.29 is 4.79 Å². The maximum absolute atomic E-state index is 12.1. The molecule has 1 aromatic carbocycles. The van der Waals surface area contributed by atoms with Crippen LogP contribution in [0.2, 0.25) is 0 Å². The average Bonchev–Trinajstić information content (AvgIpc) is 2.91. The predicted molar refractivity (Wildman–Crippen MR) is 78.4 cm³/mol. The zero-order valence-corrected chi connectivity index (χ0v) is 11.2. The van der Waals surface area contributed by atoms with Crippen molar-refractivity contribution in [1.29, 1.82) is 0 Å². The minimum Gasteiger partial charge on any atom is -0.350 e. The maximum Gasteiger partial charge on any atom is 0.267 e. The number of nitrogens with zero attached hydrogens (tertiary/aromatic N) is 1. The summed E-state index contributed by atoms with van der Waals surface area (Å²) in [5.41, 5.74) is 3.77. The van der Waals surface area contributed by atoms with Gasteiger partial charge in [-0.25, -0.2) is 0 Å². The van der Waals surface area contributed by atoms with Crippen molar-refractivity contribution in [3.8, 4) is 0 Å². The molecule has 4 heteroatoms. The van der Waals surface area contributed by atoms with Crippen molar-refractivity contribution in [2.45, 2.75) is 13.5 Å². The molecule has 0 fully saturated rings. The van der Waals surface area contributed by atoms with E-state index in [1.165, 1.54) is 0 Å². The number of carbonyl (C=O) groups is 1. The number of benzene rings is 1. The molecule has 2 aromatic heterocycles. The van der Waals surface area contributed by atoms with Gasteiger partial charge < -0.3 is 10.3 Å². The molecule has 0 aliphatic carbocycles. The van der Waals surface area contributed by atoms with E-state index in [0.717, 1.165) is 22.0 Å². The molecule has 0 radical (unpaired) electrons. The second-order valence-electron chi connectivity index (χ2n) is 4.76. The van der Waals surface area contributed by atoms with E-state index in [1.807, 2.05) is 43.3 Å². The molecule has 0 aliphatic heterocycles. The van der Waals surface area contributed by atoms with Gasteiger partial charge in [0.05, 0.1) is 0 Å². The molecule has 0 saturated carbocycles. The Bertz CT molecular complexity index is 747. The van der Waals surface area contributed by atoms with Crippen molar-refractivity contribution in [2.24, 2.45) is 0 Å². The molecule has 1 amide bonds. The summed E-state index contributed by atoms with van der Waals surface area (Å²) in [7, 11) is 0. The third-order valence-electron chi connectivity index (χ3n) is 3.31. The summed E-state index contributed by atoms with van der Waals surface area (Å²) in [5.74, 6) is -0.0996. The van der Waals surface area contributed by atoms with Crippen LogP contribution in [0.4, 0.5) is 0 Å². The number of aromatic amines is 1. The Hall–Kier alpha value is -2.62. The molecule has 4 nitrogen and oxygen atoms in total. The first kappa shape index (κ1) is 12.4. The van der Waals surface area contributed by atoms with Gasteiger partial charge in [-0.05, 0) is 36.2 Å². The molecule has 20 heavy (non-hydrogen) atoms. The molecule has 0 aliphatic rings. The maximum atomic E-state index is 12.1. The predicted octanol–water partition coefficient (Wildman–Crippen LogP) is 2.80. The molecule has 0 atom stereocenters. The normalized spacial score (nSPS) is 10.7. The van der Waals surface area contributed by atoms with E-state index in [0.29, 0.717) is 12.2 Å². The van der Waals surface area contributed by atoms with Gasteiger partial charge in [0.25, 0.3) is 5.91 Å². The minimum absolute atomic E-state index is 0.0996. The lowest BCUT2D eigenvalue weighted by molar-refractivity contribution is 0.0947. The highest BCUT2D eigenvalue weighted by molar-refractivity contribution is 5.98. The number of carbonyl (C=O) groups excluding carboxylic acids is 1. The fourth-order valence-electron chi connectivity index (χ4n) is 2.21. The number of aryl methyl sites for hydroxylation is 1. The topological polar surface area (TPSA) is 57.8 Å².